The molecule has 0 radical (unpaired) electrons. The van der Waals surface area contributed by atoms with Crippen molar-refractivity contribution < 1.29 is 19.7 Å². The van der Waals surface area contributed by atoms with Crippen LogP contribution >= 0.6 is 11.6 Å². The molecular formula is C8H18BN3O4S. The van der Waals surface area contributed by atoms with Gasteiger partial charge in [-0.15, -0.1) is 0 Å². The highest BCUT2D eigenvalue weighted by Gasteiger charge is 2.37. The average molecular weight is 263 g/mol. The van der Waals surface area contributed by atoms with Gasteiger partial charge in [0.15, 0.2) is 13.4 Å². The van der Waals surface area contributed by atoms with E-state index in [2.05, 4.69) is 0 Å². The molecule has 6 N–H and O–H groups in total. The fraction of sp³-hybridized carbons (Fsp3) is 0.750. The van der Waals surface area contributed by atoms with Crippen LogP contribution in [0.1, 0.15) is 0 Å². The van der Waals surface area contributed by atoms with Crippen molar-refractivity contribution in [3.05, 3.63) is 12.4 Å². The SMILES string of the molecule is BSC1OC(CO)C(O)OC1CN(N)/C=C\N. The lowest BCUT2D eigenvalue weighted by molar-refractivity contribution is -0.273. The van der Waals surface area contributed by atoms with E-state index in [0.717, 1.165) is 0 Å². The van der Waals surface area contributed by atoms with Gasteiger partial charge in [-0.2, -0.15) is 11.6 Å². The van der Waals surface area contributed by atoms with Gasteiger partial charge < -0.3 is 30.4 Å². The Hall–Kier alpha value is -0.445. The summed E-state index contributed by atoms with van der Waals surface area (Å²) in [6.07, 6.45) is 0.531. The van der Waals surface area contributed by atoms with E-state index in [0.29, 0.717) is 6.54 Å². The third-order valence-electron chi connectivity index (χ3n) is 2.33. The number of aliphatic hydroxyl groups is 2. The highest BCUT2D eigenvalue weighted by Crippen LogP contribution is 2.25. The van der Waals surface area contributed by atoms with Crippen LogP contribution in [0.3, 0.4) is 0 Å². The quantitative estimate of drug-likeness (QED) is 0.240. The van der Waals surface area contributed by atoms with Gasteiger partial charge in [-0.3, -0.25) is 0 Å². The Bertz CT molecular complexity index is 261. The molecule has 1 rings (SSSR count). The van der Waals surface area contributed by atoms with Crippen LogP contribution in [0, 0.1) is 0 Å². The molecule has 0 aliphatic carbocycles. The maximum Gasteiger partial charge on any atom is 0.184 e. The molecule has 0 aromatic heterocycles. The number of hydrazine groups is 1. The second kappa shape index (κ2) is 7.09. The Morgan fingerprint density at radius 2 is 2.12 bits per heavy atom. The van der Waals surface area contributed by atoms with Gasteiger partial charge in [-0.05, 0) is 0 Å². The Morgan fingerprint density at radius 3 is 2.65 bits per heavy atom. The van der Waals surface area contributed by atoms with Crippen LogP contribution in [0.2, 0.25) is 0 Å². The number of nitrogens with zero attached hydrogens (tertiary/aromatic N) is 1. The van der Waals surface area contributed by atoms with Crippen molar-refractivity contribution in [3.63, 3.8) is 0 Å². The number of rotatable bonds is 5. The first kappa shape index (κ1) is 14.6. The number of hydrogen-bond donors (Lipinski definition) is 4. The van der Waals surface area contributed by atoms with E-state index < -0.39 is 18.5 Å². The predicted molar refractivity (Wildman–Crippen MR) is 67.0 cm³/mol. The van der Waals surface area contributed by atoms with E-state index >= 15 is 0 Å². The number of ether oxygens (including phenoxy) is 2. The minimum Gasteiger partial charge on any atom is -0.403 e. The summed E-state index contributed by atoms with van der Waals surface area (Å²) in [6.45, 7) is 0.0361. The van der Waals surface area contributed by atoms with Gasteiger partial charge in [0.25, 0.3) is 0 Å². The van der Waals surface area contributed by atoms with Gasteiger partial charge in [-0.25, -0.2) is 5.84 Å². The Kier molecular flexibility index (Phi) is 6.10. The first-order valence-electron chi connectivity index (χ1n) is 5.14. The van der Waals surface area contributed by atoms with Crippen molar-refractivity contribution in [2.45, 2.75) is 23.9 Å². The van der Waals surface area contributed by atoms with Gasteiger partial charge >= 0.3 is 0 Å². The van der Waals surface area contributed by atoms with Crippen LogP contribution in [-0.4, -0.2) is 59.4 Å². The predicted octanol–water partition coefficient (Wildman–Crippen LogP) is -2.71. The molecule has 1 aliphatic rings. The fourth-order valence-electron chi connectivity index (χ4n) is 1.51. The summed E-state index contributed by atoms with van der Waals surface area (Å²) in [4.78, 5) is 0. The zero-order chi connectivity index (χ0) is 12.8. The van der Waals surface area contributed by atoms with Crippen LogP contribution in [0.15, 0.2) is 12.4 Å². The Balaban J connectivity index is 2.58. The molecule has 0 aromatic carbocycles. The molecule has 1 saturated heterocycles. The fourth-order valence-corrected chi connectivity index (χ4v) is 2.21. The van der Waals surface area contributed by atoms with Gasteiger partial charge in [0.1, 0.15) is 17.6 Å². The van der Waals surface area contributed by atoms with Crippen LogP contribution in [0.5, 0.6) is 0 Å². The van der Waals surface area contributed by atoms with Gasteiger partial charge in [0.2, 0.25) is 0 Å². The molecule has 0 amide bonds. The second-order valence-corrected chi connectivity index (χ2v) is 4.50. The Morgan fingerprint density at radius 1 is 1.41 bits per heavy atom. The monoisotopic (exact) mass is 263 g/mol. The summed E-state index contributed by atoms with van der Waals surface area (Å²) < 4.78 is 10.9. The van der Waals surface area contributed by atoms with E-state index in [1.165, 1.54) is 29.0 Å². The van der Waals surface area contributed by atoms with E-state index in [-0.39, 0.29) is 12.0 Å². The smallest absolute Gasteiger partial charge is 0.184 e. The van der Waals surface area contributed by atoms with Crippen molar-refractivity contribution in [1.82, 2.24) is 5.01 Å². The standard InChI is InChI=1S/C8H18BN3O4S/c9-17-8-5(3-12(11)2-1-10)15-7(14)6(4-13)16-8/h1-2,5-8,13-14H,3-4,9-11H2/b2-1-. The number of aliphatic hydroxyl groups excluding tert-OH is 2. The molecule has 4 atom stereocenters. The first-order chi connectivity index (χ1) is 8.12. The highest BCUT2D eigenvalue weighted by molar-refractivity contribution is 8.20. The van der Waals surface area contributed by atoms with Crippen LogP contribution in [-0.2, 0) is 9.47 Å². The molecule has 7 nitrogen and oxygen atoms in total. The summed E-state index contributed by atoms with van der Waals surface area (Å²) in [6, 6.07) is 0. The lowest BCUT2D eigenvalue weighted by Crippen LogP contribution is -2.53. The van der Waals surface area contributed by atoms with Gasteiger partial charge in [0.05, 0.1) is 13.2 Å². The Labute approximate surface area is 105 Å². The van der Waals surface area contributed by atoms with Crippen LogP contribution in [0.4, 0.5) is 0 Å². The lowest BCUT2D eigenvalue weighted by Gasteiger charge is -2.39. The zero-order valence-corrected chi connectivity index (χ0v) is 10.4. The highest BCUT2D eigenvalue weighted by atomic mass is 32.2. The largest absolute Gasteiger partial charge is 0.403 e. The number of nitrogens with two attached hydrogens (primary N) is 2. The molecule has 0 aromatic rings. The molecule has 4 unspecified atom stereocenters. The molecule has 1 fully saturated rings. The van der Waals surface area contributed by atoms with Gasteiger partial charge in [-0.1, -0.05) is 0 Å². The average Bonchev–Trinajstić information content (AvgIpc) is 2.29. The van der Waals surface area contributed by atoms with E-state index in [1.807, 2.05) is 7.12 Å². The molecule has 9 heteroatoms. The summed E-state index contributed by atoms with van der Waals surface area (Å²) in [5.74, 6) is 5.64. The topological polar surface area (TPSA) is 114 Å². The minimum atomic E-state index is -1.15. The molecule has 1 heterocycles. The van der Waals surface area contributed by atoms with Crippen molar-refractivity contribution in [3.8, 4) is 0 Å². The molecule has 17 heavy (non-hydrogen) atoms. The first-order valence-corrected chi connectivity index (χ1v) is 6.43. The van der Waals surface area contributed by atoms with Gasteiger partial charge in [0, 0.05) is 12.4 Å². The molecular weight excluding hydrogens is 245 g/mol. The van der Waals surface area contributed by atoms with Crippen molar-refractivity contribution >= 4 is 18.7 Å². The van der Waals surface area contributed by atoms with Crippen molar-refractivity contribution in [1.29, 1.82) is 0 Å². The van der Waals surface area contributed by atoms with Crippen LogP contribution < -0.4 is 11.6 Å². The molecule has 0 saturated carbocycles. The number of hydrogen-bond acceptors (Lipinski definition) is 8. The van der Waals surface area contributed by atoms with Crippen LogP contribution in [0.25, 0.3) is 0 Å². The molecule has 98 valence electrons. The summed E-state index contributed by atoms with van der Waals surface area (Å²) in [5, 5.41) is 19.9. The maximum atomic E-state index is 9.58. The normalized spacial score (nSPS) is 34.1. The molecule has 0 spiro atoms. The van der Waals surface area contributed by atoms with E-state index in [9.17, 15) is 5.11 Å². The molecule has 0 bridgehead atoms. The van der Waals surface area contributed by atoms with E-state index in [1.54, 1.807) is 0 Å². The molecule has 1 aliphatic heterocycles. The third kappa shape index (κ3) is 4.05. The summed E-state index contributed by atoms with van der Waals surface area (Å²) in [5.41, 5.74) is 4.91. The summed E-state index contributed by atoms with van der Waals surface area (Å²) in [7, 11) is 1.85. The lowest BCUT2D eigenvalue weighted by atomic mass is 10.2. The maximum absolute atomic E-state index is 9.58. The summed E-state index contributed by atoms with van der Waals surface area (Å²) >= 11 is 1.43. The van der Waals surface area contributed by atoms with Crippen molar-refractivity contribution in [2.24, 2.45) is 11.6 Å². The zero-order valence-electron chi connectivity index (χ0n) is 9.60. The second-order valence-electron chi connectivity index (χ2n) is 3.56. The van der Waals surface area contributed by atoms with Crippen molar-refractivity contribution in [2.75, 3.05) is 13.2 Å². The third-order valence-corrected chi connectivity index (χ3v) is 3.20. The minimum absolute atomic E-state index is 0.292. The van der Waals surface area contributed by atoms with E-state index in [4.69, 9.17) is 26.2 Å².